The quantitative estimate of drug-likeness (QED) is 0.362. The van der Waals surface area contributed by atoms with Gasteiger partial charge in [0.2, 0.25) is 0 Å². The summed E-state index contributed by atoms with van der Waals surface area (Å²) in [6.45, 7) is 3.68. The number of hydrogen-bond acceptors (Lipinski definition) is 6. The van der Waals surface area contributed by atoms with Gasteiger partial charge in [0, 0.05) is 5.69 Å². The third-order valence-electron chi connectivity index (χ3n) is 4.94. The van der Waals surface area contributed by atoms with Crippen molar-refractivity contribution >= 4 is 38.4 Å². The van der Waals surface area contributed by atoms with E-state index in [1.54, 1.807) is 36.4 Å². The maximum Gasteiger partial charge on any atom is 0.573 e. The minimum absolute atomic E-state index is 0.0603. The van der Waals surface area contributed by atoms with E-state index in [0.29, 0.717) is 16.7 Å². The summed E-state index contributed by atoms with van der Waals surface area (Å²) >= 11 is 0. The van der Waals surface area contributed by atoms with Gasteiger partial charge in [0.1, 0.15) is 5.75 Å². The van der Waals surface area contributed by atoms with Crippen molar-refractivity contribution < 1.29 is 26.3 Å². The first-order chi connectivity index (χ1) is 16.0. The summed E-state index contributed by atoms with van der Waals surface area (Å²) in [6, 6.07) is 16.6. The Kier molecular flexibility index (Phi) is 6.05. The molecule has 0 aliphatic carbocycles. The first kappa shape index (κ1) is 23.3. The standard InChI is InChI=1S/C23H19F3N4O3S/c1-14-7-12-18(13-15(14)2)34(31,32)30-22-21(28-19-5-3-4-6-20(19)29-22)27-16-8-10-17(11-9-16)33-23(24,25)26/h3-13H,1-2H3,(H,27,28)(H,29,30). The largest absolute Gasteiger partial charge is 0.573 e. The number of hydrogen-bond donors (Lipinski definition) is 2. The molecule has 0 amide bonds. The van der Waals surface area contributed by atoms with Crippen LogP contribution in [0.1, 0.15) is 11.1 Å². The number of aromatic nitrogens is 2. The van der Waals surface area contributed by atoms with E-state index in [2.05, 4.69) is 24.7 Å². The molecule has 0 atom stereocenters. The molecule has 4 aromatic rings. The van der Waals surface area contributed by atoms with Crippen molar-refractivity contribution in [1.29, 1.82) is 0 Å². The summed E-state index contributed by atoms with van der Waals surface area (Å²) in [7, 11) is -4.00. The predicted molar refractivity (Wildman–Crippen MR) is 123 cm³/mol. The lowest BCUT2D eigenvalue weighted by atomic mass is 10.1. The number of ether oxygens (including phenoxy) is 1. The van der Waals surface area contributed by atoms with Crippen molar-refractivity contribution in [2.75, 3.05) is 10.0 Å². The fourth-order valence-corrected chi connectivity index (χ4v) is 4.20. The molecule has 0 unspecified atom stereocenters. The van der Waals surface area contributed by atoms with Crippen molar-refractivity contribution in [2.24, 2.45) is 0 Å². The lowest BCUT2D eigenvalue weighted by Gasteiger charge is -2.15. The topological polar surface area (TPSA) is 93.2 Å². The molecule has 4 rings (SSSR count). The van der Waals surface area contributed by atoms with Crippen LogP contribution in [0, 0.1) is 13.8 Å². The van der Waals surface area contributed by atoms with Crippen molar-refractivity contribution in [2.45, 2.75) is 25.1 Å². The summed E-state index contributed by atoms with van der Waals surface area (Å²) in [4.78, 5) is 8.91. The van der Waals surface area contributed by atoms with E-state index in [1.165, 1.54) is 18.2 Å². The molecule has 34 heavy (non-hydrogen) atoms. The molecule has 0 aliphatic rings. The maximum absolute atomic E-state index is 13.1. The number of nitrogens with one attached hydrogen (secondary N) is 2. The van der Waals surface area contributed by atoms with Crippen LogP contribution in [0.3, 0.4) is 0 Å². The molecule has 2 N–H and O–H groups in total. The van der Waals surface area contributed by atoms with Crippen LogP contribution < -0.4 is 14.8 Å². The predicted octanol–water partition coefficient (Wildman–Crippen LogP) is 5.69. The van der Waals surface area contributed by atoms with Crippen molar-refractivity contribution in [3.8, 4) is 5.75 Å². The Balaban J connectivity index is 1.70. The number of sulfonamides is 1. The van der Waals surface area contributed by atoms with E-state index in [9.17, 15) is 21.6 Å². The Hall–Kier alpha value is -3.86. The number of fused-ring (bicyclic) bond motifs is 1. The van der Waals surface area contributed by atoms with Crippen LogP contribution in [-0.2, 0) is 10.0 Å². The van der Waals surface area contributed by atoms with Gasteiger partial charge in [-0.15, -0.1) is 13.2 Å². The average Bonchev–Trinajstić information content (AvgIpc) is 2.76. The van der Waals surface area contributed by atoms with Crippen molar-refractivity contribution in [3.05, 3.63) is 77.9 Å². The molecular formula is C23H19F3N4O3S. The van der Waals surface area contributed by atoms with Crippen molar-refractivity contribution in [3.63, 3.8) is 0 Å². The maximum atomic E-state index is 13.1. The van der Waals surface area contributed by atoms with Crippen LogP contribution in [-0.4, -0.2) is 24.7 Å². The number of aryl methyl sites for hydroxylation is 2. The third kappa shape index (κ3) is 5.37. The number of rotatable bonds is 6. The van der Waals surface area contributed by atoms with Crippen LogP contribution >= 0.6 is 0 Å². The minimum atomic E-state index is -4.81. The SMILES string of the molecule is Cc1ccc(S(=O)(=O)Nc2nc3ccccc3nc2Nc2ccc(OC(F)(F)F)cc2)cc1C. The van der Waals surface area contributed by atoms with E-state index in [4.69, 9.17) is 0 Å². The molecule has 0 spiro atoms. The van der Waals surface area contributed by atoms with Crippen LogP contribution in [0.25, 0.3) is 11.0 Å². The number of benzene rings is 3. The molecule has 0 bridgehead atoms. The van der Waals surface area contributed by atoms with E-state index < -0.39 is 22.1 Å². The lowest BCUT2D eigenvalue weighted by molar-refractivity contribution is -0.274. The Morgan fingerprint density at radius 3 is 2.03 bits per heavy atom. The van der Waals surface area contributed by atoms with E-state index in [1.807, 2.05) is 13.8 Å². The fraction of sp³-hybridized carbons (Fsp3) is 0.130. The highest BCUT2D eigenvalue weighted by Crippen LogP contribution is 2.29. The summed E-state index contributed by atoms with van der Waals surface area (Å²) in [5.41, 5.74) is 3.07. The molecule has 0 aliphatic heterocycles. The van der Waals surface area contributed by atoms with Gasteiger partial charge in [0.25, 0.3) is 10.0 Å². The third-order valence-corrected chi connectivity index (χ3v) is 6.28. The summed E-state index contributed by atoms with van der Waals surface area (Å²) in [5.74, 6) is -0.374. The second kappa shape index (κ2) is 8.82. The van der Waals surface area contributed by atoms with E-state index >= 15 is 0 Å². The van der Waals surface area contributed by atoms with Gasteiger partial charge in [-0.25, -0.2) is 18.4 Å². The molecule has 3 aromatic carbocycles. The lowest BCUT2D eigenvalue weighted by Crippen LogP contribution is -2.17. The first-order valence-electron chi connectivity index (χ1n) is 10.00. The highest BCUT2D eigenvalue weighted by Gasteiger charge is 2.31. The number of nitrogens with zero attached hydrogens (tertiary/aromatic N) is 2. The molecule has 176 valence electrons. The molecular weight excluding hydrogens is 469 g/mol. The van der Waals surface area contributed by atoms with E-state index in [0.717, 1.165) is 23.3 Å². The molecule has 0 radical (unpaired) electrons. The van der Waals surface area contributed by atoms with Gasteiger partial charge in [-0.05, 0) is 73.5 Å². The number of anilines is 3. The number of alkyl halides is 3. The zero-order valence-corrected chi connectivity index (χ0v) is 18.8. The normalized spacial score (nSPS) is 11.9. The second-order valence-electron chi connectivity index (χ2n) is 7.46. The number of halogens is 3. The molecule has 11 heteroatoms. The van der Waals surface area contributed by atoms with Gasteiger partial charge in [-0.1, -0.05) is 18.2 Å². The highest BCUT2D eigenvalue weighted by molar-refractivity contribution is 7.92. The Labute approximate surface area is 193 Å². The second-order valence-corrected chi connectivity index (χ2v) is 9.14. The molecule has 0 saturated carbocycles. The van der Waals surface area contributed by atoms with Gasteiger partial charge < -0.3 is 10.1 Å². The number of para-hydroxylation sites is 2. The minimum Gasteiger partial charge on any atom is -0.406 e. The van der Waals surface area contributed by atoms with Gasteiger partial charge >= 0.3 is 6.36 Å². The summed E-state index contributed by atoms with van der Waals surface area (Å²) in [6.07, 6.45) is -4.81. The summed E-state index contributed by atoms with van der Waals surface area (Å²) in [5, 5.41) is 2.91. The first-order valence-corrected chi connectivity index (χ1v) is 11.5. The average molecular weight is 488 g/mol. The fourth-order valence-electron chi connectivity index (χ4n) is 3.10. The van der Waals surface area contributed by atoms with Crippen LogP contribution in [0.2, 0.25) is 0 Å². The smallest absolute Gasteiger partial charge is 0.406 e. The van der Waals surface area contributed by atoms with Crippen LogP contribution in [0.15, 0.2) is 71.6 Å². The molecule has 0 saturated heterocycles. The molecule has 1 aromatic heterocycles. The van der Waals surface area contributed by atoms with Gasteiger partial charge in [-0.3, -0.25) is 4.72 Å². The van der Waals surface area contributed by atoms with Crippen molar-refractivity contribution in [1.82, 2.24) is 9.97 Å². The van der Waals surface area contributed by atoms with Gasteiger partial charge in [0.15, 0.2) is 11.6 Å². The highest BCUT2D eigenvalue weighted by atomic mass is 32.2. The molecule has 1 heterocycles. The van der Waals surface area contributed by atoms with Crippen LogP contribution in [0.4, 0.5) is 30.5 Å². The van der Waals surface area contributed by atoms with E-state index in [-0.39, 0.29) is 16.5 Å². The monoisotopic (exact) mass is 488 g/mol. The zero-order valence-electron chi connectivity index (χ0n) is 18.0. The Morgan fingerprint density at radius 2 is 1.44 bits per heavy atom. The zero-order chi connectivity index (χ0) is 24.5. The summed E-state index contributed by atoms with van der Waals surface area (Å²) < 4.78 is 69.7. The van der Waals surface area contributed by atoms with Crippen LogP contribution in [0.5, 0.6) is 5.75 Å². The van der Waals surface area contributed by atoms with Gasteiger partial charge in [-0.2, -0.15) is 0 Å². The Morgan fingerprint density at radius 1 is 0.824 bits per heavy atom. The van der Waals surface area contributed by atoms with Gasteiger partial charge in [0.05, 0.1) is 15.9 Å². The molecule has 7 nitrogen and oxygen atoms in total. The molecule has 0 fully saturated rings. The Bertz CT molecular complexity index is 1460.